The van der Waals surface area contributed by atoms with Crippen molar-refractivity contribution in [3.8, 4) is 0 Å². The molecule has 194 valence electrons. The molecule has 0 aliphatic carbocycles. The molecule has 4 rings (SSSR count). The number of carbonyl (C=O) groups is 1. The molecule has 1 heterocycles. The van der Waals surface area contributed by atoms with Crippen molar-refractivity contribution < 1.29 is 6.22 Å². The molecule has 1 aliphatic heterocycles. The van der Waals surface area contributed by atoms with Crippen LogP contribution in [0.5, 0.6) is 0 Å². The van der Waals surface area contributed by atoms with Crippen molar-refractivity contribution in [1.29, 1.82) is 0 Å². The molecule has 0 aromatic heterocycles. The number of Topliss-reactive ketones (excluding diaryl/α,β-unsaturated/α-hetero) is 1. The lowest BCUT2D eigenvalue weighted by Crippen LogP contribution is -2.38. The number of aryl methyl sites for hydroxylation is 1. The van der Waals surface area contributed by atoms with Gasteiger partial charge in [-0.1, -0.05) is 125 Å². The average molecular weight is 494 g/mol. The van der Waals surface area contributed by atoms with E-state index < -0.39 is 0 Å². The van der Waals surface area contributed by atoms with E-state index in [-0.39, 0.29) is 13.4 Å². The molecule has 2 nitrogen and oxygen atoms in total. The molecule has 3 atom stereocenters. The van der Waals surface area contributed by atoms with Crippen LogP contribution < -0.4 is 5.32 Å². The van der Waals surface area contributed by atoms with Gasteiger partial charge in [-0.05, 0) is 53.5 Å². The number of benzene rings is 2. The Hall–Kier alpha value is -3.41. The molecular formula is C35H43NO. The van der Waals surface area contributed by atoms with Gasteiger partial charge in [-0.25, -0.2) is 0 Å². The highest BCUT2D eigenvalue weighted by Gasteiger charge is 2.24. The minimum Gasteiger partial charge on any atom is -0.310 e. The Morgan fingerprint density at radius 2 is 1.62 bits per heavy atom. The van der Waals surface area contributed by atoms with Gasteiger partial charge in [0.25, 0.3) is 0 Å². The summed E-state index contributed by atoms with van der Waals surface area (Å²) >= 11 is 0. The summed E-state index contributed by atoms with van der Waals surface area (Å²) in [4.78, 5) is 12.9. The van der Waals surface area contributed by atoms with E-state index in [1.165, 1.54) is 22.3 Å². The van der Waals surface area contributed by atoms with Crippen LogP contribution in [0.3, 0.4) is 0 Å². The van der Waals surface area contributed by atoms with Crippen molar-refractivity contribution in [2.45, 2.75) is 59.4 Å². The molecule has 3 aromatic rings. The highest BCUT2D eigenvalue weighted by molar-refractivity contribution is 6.05. The van der Waals surface area contributed by atoms with Gasteiger partial charge in [0.1, 0.15) is 5.78 Å². The van der Waals surface area contributed by atoms with Crippen LogP contribution in [-0.2, 0) is 11.2 Å². The molecule has 3 unspecified atom stereocenters. The first-order chi connectivity index (χ1) is 18.1. The molecule has 0 radical (unpaired) electrons. The van der Waals surface area contributed by atoms with Crippen molar-refractivity contribution >= 4 is 16.9 Å². The van der Waals surface area contributed by atoms with Crippen molar-refractivity contribution in [1.82, 2.24) is 5.32 Å². The van der Waals surface area contributed by atoms with Crippen molar-refractivity contribution in [2.75, 3.05) is 6.54 Å². The Balaban J connectivity index is 0.00000165. The number of hydrogen-bond acceptors (Lipinski definition) is 2. The second-order valence-corrected chi connectivity index (χ2v) is 9.58. The maximum absolute atomic E-state index is 12.9. The van der Waals surface area contributed by atoms with E-state index in [4.69, 9.17) is 0 Å². The maximum atomic E-state index is 12.9. The second kappa shape index (κ2) is 15.0. The van der Waals surface area contributed by atoms with Crippen molar-refractivity contribution in [3.05, 3.63) is 120 Å². The first kappa shape index (κ1) is 28.2. The number of rotatable bonds is 9. The molecule has 1 aliphatic rings. The van der Waals surface area contributed by atoms with Crippen LogP contribution in [0.1, 0.15) is 65.1 Å². The third-order valence-electron chi connectivity index (χ3n) is 6.95. The topological polar surface area (TPSA) is 29.1 Å². The third-order valence-corrected chi connectivity index (χ3v) is 6.95. The molecule has 0 spiro atoms. The molecule has 0 saturated heterocycles. The summed E-state index contributed by atoms with van der Waals surface area (Å²) < 4.78 is 0. The quantitative estimate of drug-likeness (QED) is 0.325. The summed E-state index contributed by atoms with van der Waals surface area (Å²) in [6.07, 6.45) is 7.90. The summed E-state index contributed by atoms with van der Waals surface area (Å²) in [7, 11) is 0. The summed E-state index contributed by atoms with van der Waals surface area (Å²) in [5.74, 6) is 0.683. The number of nitrogens with one attached hydrogen (secondary N) is 1. The van der Waals surface area contributed by atoms with Gasteiger partial charge in [0.15, 0.2) is 0 Å². The van der Waals surface area contributed by atoms with Crippen LogP contribution in [0.25, 0.3) is 11.1 Å². The lowest BCUT2D eigenvalue weighted by atomic mass is 9.83. The number of allylic oxidation sites excluding steroid dienone is 2. The normalized spacial score (nSPS) is 20.9. The maximum Gasteiger partial charge on any atom is 0.135 e. The van der Waals surface area contributed by atoms with E-state index in [2.05, 4.69) is 110 Å². The fourth-order valence-corrected chi connectivity index (χ4v) is 4.88. The molecule has 3 aromatic carbocycles. The highest BCUT2D eigenvalue weighted by Crippen LogP contribution is 2.34. The van der Waals surface area contributed by atoms with Crippen LogP contribution >= 0.6 is 0 Å². The molecule has 0 amide bonds. The van der Waals surface area contributed by atoms with Crippen LogP contribution in [0.2, 0.25) is 0 Å². The number of ketones is 1. The van der Waals surface area contributed by atoms with Gasteiger partial charge in [0, 0.05) is 31.9 Å². The zero-order valence-corrected chi connectivity index (χ0v) is 22.8. The van der Waals surface area contributed by atoms with E-state index in [9.17, 15) is 4.79 Å². The van der Waals surface area contributed by atoms with E-state index >= 15 is 0 Å². The van der Waals surface area contributed by atoms with Crippen molar-refractivity contribution in [2.24, 2.45) is 11.8 Å². The Morgan fingerprint density at radius 1 is 0.973 bits per heavy atom. The molecule has 37 heavy (non-hydrogen) atoms. The minimum atomic E-state index is 0. The van der Waals surface area contributed by atoms with Gasteiger partial charge in [-0.3, -0.25) is 4.79 Å². The lowest BCUT2D eigenvalue weighted by Gasteiger charge is -2.29. The highest BCUT2D eigenvalue weighted by atomic mass is 16.1. The van der Waals surface area contributed by atoms with Crippen LogP contribution in [0, 0.1) is 24.0 Å². The number of carbonyl (C=O) groups excluding carboxylic acids is 1. The monoisotopic (exact) mass is 493 g/mol. The molecular weight excluding hydrogens is 450 g/mol. The molecule has 1 N–H and O–H groups in total. The summed E-state index contributed by atoms with van der Waals surface area (Å²) in [6.45, 7) is 9.14. The van der Waals surface area contributed by atoms with Gasteiger partial charge in [0.05, 0.1) is 0 Å². The van der Waals surface area contributed by atoms with Gasteiger partial charge in [-0.2, -0.15) is 0 Å². The molecule has 0 bridgehead atoms. The fraction of sp³-hybridized carbons (Fsp3) is 0.343. The van der Waals surface area contributed by atoms with Gasteiger partial charge in [0.2, 0.25) is 0 Å². The zero-order chi connectivity index (χ0) is 26.5. The smallest absolute Gasteiger partial charge is 0.135 e. The summed E-state index contributed by atoms with van der Waals surface area (Å²) in [5.41, 5.74) is 6.11. The second-order valence-electron chi connectivity index (χ2n) is 9.58. The third kappa shape index (κ3) is 8.31. The number of hydrogen-bond donors (Lipinski definition) is 1. The van der Waals surface area contributed by atoms with Gasteiger partial charge >= 0.3 is 0 Å². The van der Waals surface area contributed by atoms with E-state index in [1.807, 2.05) is 26.0 Å². The molecule has 2 heteroatoms. The predicted octanol–water partition coefficient (Wildman–Crippen LogP) is 8.25. The van der Waals surface area contributed by atoms with Crippen molar-refractivity contribution in [3.63, 3.8) is 0 Å². The van der Waals surface area contributed by atoms with Crippen LogP contribution in [0.4, 0.5) is 0 Å². The standard InChI is InChI=1S/C33H35NO.C2H6.H2/c1-25-23-31(29-18-10-5-11-19-29)30(28-16-8-4-9-17-28)21-22-34-32(25)24-26(2)33(35)20-12-15-27-13-6-3-7-14-27;1-2;/h3-6,8-11,13,16-19,21,23,25-26,32,34H,12,15,20,22,24H2,1-2H3;1-2H3;1H/b30-21-,31-23-;;. The molecule has 0 fully saturated rings. The Labute approximate surface area is 226 Å². The summed E-state index contributed by atoms with van der Waals surface area (Å²) in [6, 6.07) is 33.5. The van der Waals surface area contributed by atoms with Crippen LogP contribution in [0.15, 0.2) is 91.0 Å². The average Bonchev–Trinajstić information content (AvgIpc) is 2.95. The van der Waals surface area contributed by atoms with E-state index in [1.54, 1.807) is 0 Å². The Kier molecular flexibility index (Phi) is 11.4. The first-order valence-corrected chi connectivity index (χ1v) is 13.8. The van der Waals surface area contributed by atoms with E-state index in [0.29, 0.717) is 18.1 Å². The van der Waals surface area contributed by atoms with Crippen LogP contribution in [-0.4, -0.2) is 18.4 Å². The lowest BCUT2D eigenvalue weighted by molar-refractivity contribution is -0.122. The SMILES string of the molecule is CC.CC(CC1NC/C=C(c2ccccc2)\C(c2ccccc2)=C/C1C)C(=O)CCCc1c#cccc1.[HH]. The Bertz CT molecular complexity index is 1140. The Morgan fingerprint density at radius 3 is 2.24 bits per heavy atom. The molecule has 0 saturated carbocycles. The van der Waals surface area contributed by atoms with E-state index in [0.717, 1.165) is 31.4 Å². The largest absolute Gasteiger partial charge is 0.310 e. The predicted molar refractivity (Wildman–Crippen MR) is 159 cm³/mol. The first-order valence-electron chi connectivity index (χ1n) is 13.8. The zero-order valence-electron chi connectivity index (χ0n) is 22.8. The van der Waals surface area contributed by atoms with Gasteiger partial charge in [-0.15, -0.1) is 0 Å². The summed E-state index contributed by atoms with van der Waals surface area (Å²) in [5, 5.41) is 3.73. The minimum absolute atomic E-state index is 0. The fourth-order valence-electron chi connectivity index (χ4n) is 4.88. The van der Waals surface area contributed by atoms with Gasteiger partial charge < -0.3 is 5.32 Å².